The van der Waals surface area contributed by atoms with Crippen molar-refractivity contribution in [3.63, 3.8) is 0 Å². The molecular formula is C22H13Cl3N2. The number of rotatable bonds is 1. The Kier molecular flexibility index (Phi) is 4.01. The number of hydrogen-bond acceptors (Lipinski definition) is 2. The minimum atomic E-state index is 0.642. The summed E-state index contributed by atoms with van der Waals surface area (Å²) in [5, 5.41) is 6.52. The minimum absolute atomic E-state index is 0.642. The molecule has 132 valence electrons. The SMILES string of the molecule is Clc1ccc(Cl)c(N2C=Nc3ccc4cc5cccc(Cl)c5cc4c3C2)c1. The molecule has 5 rings (SSSR count). The van der Waals surface area contributed by atoms with E-state index < -0.39 is 0 Å². The summed E-state index contributed by atoms with van der Waals surface area (Å²) in [4.78, 5) is 6.66. The van der Waals surface area contributed by atoms with Crippen molar-refractivity contribution in [1.29, 1.82) is 0 Å². The van der Waals surface area contributed by atoms with Crippen LogP contribution in [0.1, 0.15) is 5.56 Å². The predicted octanol–water partition coefficient (Wildman–Crippen LogP) is 7.63. The highest BCUT2D eigenvalue weighted by molar-refractivity contribution is 6.36. The van der Waals surface area contributed by atoms with Gasteiger partial charge in [0.2, 0.25) is 0 Å². The van der Waals surface area contributed by atoms with E-state index in [1.165, 1.54) is 0 Å². The molecule has 4 aromatic carbocycles. The van der Waals surface area contributed by atoms with Gasteiger partial charge in [0.25, 0.3) is 0 Å². The van der Waals surface area contributed by atoms with Gasteiger partial charge in [0.1, 0.15) is 0 Å². The number of anilines is 1. The zero-order valence-electron chi connectivity index (χ0n) is 14.1. The largest absolute Gasteiger partial charge is 0.326 e. The summed E-state index contributed by atoms with van der Waals surface area (Å²) in [5.41, 5.74) is 2.95. The topological polar surface area (TPSA) is 15.6 Å². The Morgan fingerprint density at radius 1 is 0.778 bits per heavy atom. The highest BCUT2D eigenvalue weighted by Gasteiger charge is 2.19. The van der Waals surface area contributed by atoms with E-state index >= 15 is 0 Å². The van der Waals surface area contributed by atoms with Crippen molar-refractivity contribution in [1.82, 2.24) is 0 Å². The van der Waals surface area contributed by atoms with Crippen LogP contribution in [0.4, 0.5) is 11.4 Å². The maximum atomic E-state index is 6.43. The van der Waals surface area contributed by atoms with Gasteiger partial charge in [-0.1, -0.05) is 53.0 Å². The van der Waals surface area contributed by atoms with Crippen molar-refractivity contribution < 1.29 is 0 Å². The minimum Gasteiger partial charge on any atom is -0.326 e. The van der Waals surface area contributed by atoms with Crippen LogP contribution in [0.15, 0.2) is 65.7 Å². The summed E-state index contributed by atoms with van der Waals surface area (Å²) in [6, 6.07) is 19.9. The van der Waals surface area contributed by atoms with Gasteiger partial charge in [-0.05, 0) is 58.6 Å². The van der Waals surface area contributed by atoms with Gasteiger partial charge in [0, 0.05) is 21.0 Å². The standard InChI is InChI=1S/C22H13Cl3N2/c23-15-5-6-20(25)22(9-15)27-11-18-16-10-17-13(2-1-3-19(17)24)8-14(16)4-7-21(18)26-12-27/h1-10,12H,11H2. The molecule has 0 aromatic heterocycles. The van der Waals surface area contributed by atoms with Gasteiger partial charge in [0.05, 0.1) is 29.3 Å². The fourth-order valence-electron chi connectivity index (χ4n) is 3.59. The van der Waals surface area contributed by atoms with Crippen LogP contribution in [0.2, 0.25) is 15.1 Å². The maximum absolute atomic E-state index is 6.43. The zero-order chi connectivity index (χ0) is 18.5. The molecular weight excluding hydrogens is 399 g/mol. The van der Waals surface area contributed by atoms with E-state index in [4.69, 9.17) is 34.8 Å². The van der Waals surface area contributed by atoms with Crippen LogP contribution in [0.5, 0.6) is 0 Å². The molecule has 0 bridgehead atoms. The lowest BCUT2D eigenvalue weighted by Crippen LogP contribution is -2.23. The Bertz CT molecular complexity index is 1250. The summed E-state index contributed by atoms with van der Waals surface area (Å²) < 4.78 is 0. The number of aliphatic imine (C=N–C) groups is 1. The quantitative estimate of drug-likeness (QED) is 0.294. The van der Waals surface area contributed by atoms with Crippen LogP contribution in [0.25, 0.3) is 21.5 Å². The second-order valence-electron chi connectivity index (χ2n) is 6.57. The average molecular weight is 412 g/mol. The Morgan fingerprint density at radius 3 is 2.52 bits per heavy atom. The average Bonchev–Trinajstić information content (AvgIpc) is 2.68. The lowest BCUT2D eigenvalue weighted by molar-refractivity contribution is 1.01. The molecule has 0 amide bonds. The second kappa shape index (κ2) is 6.42. The molecule has 0 saturated heterocycles. The van der Waals surface area contributed by atoms with Gasteiger partial charge in [-0.15, -0.1) is 0 Å². The van der Waals surface area contributed by atoms with E-state index in [1.54, 1.807) is 18.5 Å². The molecule has 27 heavy (non-hydrogen) atoms. The zero-order valence-corrected chi connectivity index (χ0v) is 16.4. The molecule has 0 unspecified atom stereocenters. The Morgan fingerprint density at radius 2 is 1.63 bits per heavy atom. The van der Waals surface area contributed by atoms with Crippen LogP contribution >= 0.6 is 34.8 Å². The molecule has 0 radical (unpaired) electrons. The molecule has 0 atom stereocenters. The van der Waals surface area contributed by atoms with E-state index in [9.17, 15) is 0 Å². The fourth-order valence-corrected chi connectivity index (χ4v) is 4.22. The van der Waals surface area contributed by atoms with Crippen LogP contribution in [0, 0.1) is 0 Å². The maximum Gasteiger partial charge on any atom is 0.0960 e. The number of benzene rings is 4. The Balaban J connectivity index is 1.70. The lowest BCUT2D eigenvalue weighted by Gasteiger charge is -2.26. The van der Waals surface area contributed by atoms with Crippen molar-refractivity contribution in [2.24, 2.45) is 4.99 Å². The van der Waals surface area contributed by atoms with Crippen LogP contribution < -0.4 is 4.90 Å². The molecule has 1 aliphatic rings. The molecule has 0 aliphatic carbocycles. The smallest absolute Gasteiger partial charge is 0.0960 e. The Hall–Kier alpha value is -2.26. The van der Waals surface area contributed by atoms with E-state index in [0.717, 1.165) is 43.5 Å². The first-order chi connectivity index (χ1) is 13.1. The molecule has 4 aromatic rings. The third kappa shape index (κ3) is 2.85. The van der Waals surface area contributed by atoms with Crippen molar-refractivity contribution in [3.8, 4) is 0 Å². The third-order valence-electron chi connectivity index (χ3n) is 4.93. The first-order valence-electron chi connectivity index (χ1n) is 8.50. The van der Waals surface area contributed by atoms with Crippen LogP contribution in [-0.2, 0) is 6.54 Å². The summed E-state index contributed by atoms with van der Waals surface area (Å²) in [7, 11) is 0. The second-order valence-corrected chi connectivity index (χ2v) is 7.82. The Labute approximate surface area is 171 Å². The van der Waals surface area contributed by atoms with Crippen molar-refractivity contribution in [3.05, 3.63) is 81.3 Å². The van der Waals surface area contributed by atoms with Crippen LogP contribution in [0.3, 0.4) is 0 Å². The number of fused-ring (bicyclic) bond motifs is 4. The summed E-state index contributed by atoms with van der Waals surface area (Å²) in [5.74, 6) is 0. The predicted molar refractivity (Wildman–Crippen MR) is 117 cm³/mol. The summed E-state index contributed by atoms with van der Waals surface area (Å²) in [6.45, 7) is 0.659. The fraction of sp³-hybridized carbons (Fsp3) is 0.0455. The molecule has 1 aliphatic heterocycles. The molecule has 0 spiro atoms. The van der Waals surface area contributed by atoms with Gasteiger partial charge in [0.15, 0.2) is 0 Å². The monoisotopic (exact) mass is 410 g/mol. The summed E-state index contributed by atoms with van der Waals surface area (Å²) >= 11 is 19.0. The van der Waals surface area contributed by atoms with E-state index in [1.807, 2.05) is 23.1 Å². The third-order valence-corrected chi connectivity index (χ3v) is 5.82. The highest BCUT2D eigenvalue weighted by Crippen LogP contribution is 2.38. The van der Waals surface area contributed by atoms with E-state index in [-0.39, 0.29) is 0 Å². The number of halogens is 3. The number of nitrogens with zero attached hydrogens (tertiary/aromatic N) is 2. The summed E-state index contributed by atoms with van der Waals surface area (Å²) in [6.07, 6.45) is 1.81. The lowest BCUT2D eigenvalue weighted by atomic mass is 9.97. The molecule has 1 heterocycles. The molecule has 0 saturated carbocycles. The molecule has 0 N–H and O–H groups in total. The van der Waals surface area contributed by atoms with E-state index in [2.05, 4.69) is 35.3 Å². The molecule has 5 heteroatoms. The van der Waals surface area contributed by atoms with Gasteiger partial charge in [-0.2, -0.15) is 0 Å². The first-order valence-corrected chi connectivity index (χ1v) is 9.63. The normalized spacial score (nSPS) is 13.4. The van der Waals surface area contributed by atoms with Crippen molar-refractivity contribution in [2.45, 2.75) is 6.54 Å². The van der Waals surface area contributed by atoms with Crippen molar-refractivity contribution >= 4 is 74.1 Å². The highest BCUT2D eigenvalue weighted by atomic mass is 35.5. The van der Waals surface area contributed by atoms with Gasteiger partial charge < -0.3 is 4.90 Å². The van der Waals surface area contributed by atoms with Gasteiger partial charge >= 0.3 is 0 Å². The molecule has 0 fully saturated rings. The van der Waals surface area contributed by atoms with E-state index in [0.29, 0.717) is 16.6 Å². The molecule has 2 nitrogen and oxygen atoms in total. The van der Waals surface area contributed by atoms with Gasteiger partial charge in [-0.3, -0.25) is 0 Å². The van der Waals surface area contributed by atoms with Crippen molar-refractivity contribution in [2.75, 3.05) is 4.90 Å². The van der Waals surface area contributed by atoms with Gasteiger partial charge in [-0.25, -0.2) is 4.99 Å². The van der Waals surface area contributed by atoms with Crippen LogP contribution in [-0.4, -0.2) is 6.34 Å². The first kappa shape index (κ1) is 16.9. The number of hydrogen-bond donors (Lipinski definition) is 0.